The molecular formula is C39H41F7. The molecule has 2 saturated carbocycles. The van der Waals surface area contributed by atoms with Gasteiger partial charge in [-0.25, -0.2) is 30.7 Å². The second-order valence-electron chi connectivity index (χ2n) is 13.1. The third kappa shape index (κ3) is 8.13. The first kappa shape index (κ1) is 34.0. The molecule has 0 amide bonds. The molecule has 0 heterocycles. The van der Waals surface area contributed by atoms with Crippen LogP contribution in [0.5, 0.6) is 0 Å². The maximum absolute atomic E-state index is 15.4. The van der Waals surface area contributed by atoms with Crippen molar-refractivity contribution in [3.63, 3.8) is 0 Å². The molecule has 0 unspecified atom stereocenters. The Balaban J connectivity index is 1.12. The fourth-order valence-corrected chi connectivity index (χ4v) is 7.53. The number of halogens is 7. The molecule has 0 radical (unpaired) electrons. The quantitative estimate of drug-likeness (QED) is 0.117. The zero-order valence-electron chi connectivity index (χ0n) is 26.2. The van der Waals surface area contributed by atoms with E-state index in [2.05, 4.69) is 0 Å². The van der Waals surface area contributed by atoms with Gasteiger partial charge in [0.15, 0.2) is 23.3 Å². The molecular weight excluding hydrogens is 601 g/mol. The molecule has 246 valence electrons. The molecule has 0 aliphatic heterocycles. The molecule has 0 nitrogen and oxygen atoms in total. The van der Waals surface area contributed by atoms with Gasteiger partial charge in [-0.3, -0.25) is 0 Å². The second-order valence-corrected chi connectivity index (χ2v) is 13.1. The van der Waals surface area contributed by atoms with Crippen LogP contribution in [0.1, 0.15) is 100 Å². The third-order valence-electron chi connectivity index (χ3n) is 10.2. The van der Waals surface area contributed by atoms with Crippen molar-refractivity contribution >= 4 is 5.83 Å². The van der Waals surface area contributed by atoms with Gasteiger partial charge in [0.1, 0.15) is 17.5 Å². The number of hydrogen-bond acceptors (Lipinski definition) is 0. The summed E-state index contributed by atoms with van der Waals surface area (Å²) in [6.45, 7) is 1.79. The van der Waals surface area contributed by atoms with E-state index in [4.69, 9.17) is 0 Å². The Labute approximate surface area is 267 Å². The van der Waals surface area contributed by atoms with Crippen molar-refractivity contribution in [2.24, 2.45) is 17.8 Å². The lowest BCUT2D eigenvalue weighted by atomic mass is 9.68. The fraction of sp³-hybridized carbons (Fsp3) is 0.436. The molecule has 0 atom stereocenters. The lowest BCUT2D eigenvalue weighted by Gasteiger charge is -2.38. The molecule has 2 fully saturated rings. The molecule has 46 heavy (non-hydrogen) atoms. The van der Waals surface area contributed by atoms with Crippen LogP contribution in [0.25, 0.3) is 17.0 Å². The van der Waals surface area contributed by atoms with E-state index >= 15 is 4.39 Å². The Morgan fingerprint density at radius 2 is 1.37 bits per heavy atom. The predicted octanol–water partition coefficient (Wildman–Crippen LogP) is 12.7. The summed E-state index contributed by atoms with van der Waals surface area (Å²) in [5.74, 6) is -5.04. The van der Waals surface area contributed by atoms with E-state index in [1.165, 1.54) is 18.2 Å². The number of hydrogen-bond donors (Lipinski definition) is 0. The van der Waals surface area contributed by atoms with Crippen molar-refractivity contribution in [3.05, 3.63) is 112 Å². The van der Waals surface area contributed by atoms with Crippen LogP contribution in [0.4, 0.5) is 30.7 Å². The van der Waals surface area contributed by atoms with E-state index in [0.717, 1.165) is 76.0 Å². The Morgan fingerprint density at radius 1 is 0.717 bits per heavy atom. The molecule has 2 aliphatic rings. The predicted molar refractivity (Wildman–Crippen MR) is 170 cm³/mol. The summed E-state index contributed by atoms with van der Waals surface area (Å²) < 4.78 is 99.3. The molecule has 2 aliphatic carbocycles. The highest BCUT2D eigenvalue weighted by Gasteiger charge is 2.32. The minimum Gasteiger partial charge on any atom is -0.209 e. The molecule has 5 rings (SSSR count). The first-order valence-corrected chi connectivity index (χ1v) is 16.5. The summed E-state index contributed by atoms with van der Waals surface area (Å²) in [5.41, 5.74) is 1.43. The zero-order valence-corrected chi connectivity index (χ0v) is 26.2. The largest absolute Gasteiger partial charge is 0.209 e. The summed E-state index contributed by atoms with van der Waals surface area (Å²) in [4.78, 5) is 0. The Hall–Kier alpha value is -3.35. The monoisotopic (exact) mass is 642 g/mol. The molecule has 0 saturated heterocycles. The van der Waals surface area contributed by atoms with Gasteiger partial charge in [-0.05, 0) is 129 Å². The van der Waals surface area contributed by atoms with Crippen LogP contribution >= 0.6 is 0 Å². The zero-order chi connectivity index (χ0) is 32.8. The van der Waals surface area contributed by atoms with Crippen molar-refractivity contribution < 1.29 is 30.7 Å². The minimum absolute atomic E-state index is 0.0927. The van der Waals surface area contributed by atoms with Gasteiger partial charge < -0.3 is 0 Å². The van der Waals surface area contributed by atoms with E-state index < -0.39 is 34.9 Å². The van der Waals surface area contributed by atoms with Crippen molar-refractivity contribution in [1.82, 2.24) is 0 Å². The maximum Gasteiger partial charge on any atom is 0.194 e. The van der Waals surface area contributed by atoms with Gasteiger partial charge >= 0.3 is 0 Å². The van der Waals surface area contributed by atoms with Crippen molar-refractivity contribution in [3.8, 4) is 11.1 Å². The molecule has 3 aromatic rings. The number of aryl methyl sites for hydroxylation is 1. The highest BCUT2D eigenvalue weighted by atomic mass is 19.2. The highest BCUT2D eigenvalue weighted by molar-refractivity contribution is 5.69. The van der Waals surface area contributed by atoms with E-state index in [9.17, 15) is 26.3 Å². The summed E-state index contributed by atoms with van der Waals surface area (Å²) >= 11 is 0. The fourth-order valence-electron chi connectivity index (χ4n) is 7.53. The van der Waals surface area contributed by atoms with Gasteiger partial charge in [0.2, 0.25) is 0 Å². The molecule has 3 aromatic carbocycles. The van der Waals surface area contributed by atoms with Crippen LogP contribution in [0.2, 0.25) is 0 Å². The molecule has 0 spiro atoms. The van der Waals surface area contributed by atoms with Crippen LogP contribution in [0.15, 0.2) is 66.5 Å². The normalized spacial score (nSPS) is 22.7. The number of rotatable bonds is 10. The minimum atomic E-state index is -1.42. The van der Waals surface area contributed by atoms with Crippen LogP contribution in [0.3, 0.4) is 0 Å². The van der Waals surface area contributed by atoms with E-state index in [-0.39, 0.29) is 29.3 Å². The van der Waals surface area contributed by atoms with Gasteiger partial charge in [0.25, 0.3) is 0 Å². The SMILES string of the molecule is CC=CCCC(F)=C(F)c1ccc(-c2ccc(C3CCC(C4CCC(CCc5cc(F)c(F)c(F)c5)CC4)CC3)c(F)c2)c(F)c1. The number of allylic oxidation sites excluding steroid dienone is 3. The average molecular weight is 643 g/mol. The van der Waals surface area contributed by atoms with E-state index in [0.29, 0.717) is 47.3 Å². The lowest BCUT2D eigenvalue weighted by Crippen LogP contribution is -2.25. The summed E-state index contributed by atoms with van der Waals surface area (Å²) in [7, 11) is 0. The summed E-state index contributed by atoms with van der Waals surface area (Å²) in [6.07, 6.45) is 13.3. The molecule has 0 N–H and O–H groups in total. The summed E-state index contributed by atoms with van der Waals surface area (Å²) in [6, 6.07) is 10.6. The third-order valence-corrected chi connectivity index (χ3v) is 10.2. The standard InChI is InChI=1S/C39H41F7/c1-2-3-4-5-33(40)38(45)30-17-19-32(35(42)23-30)29-16-18-31(34(41)22-29)28-14-12-27(13-15-28)26-10-8-24(9-11-26)6-7-25-20-36(43)39(46)37(44)21-25/h2-3,16-24,26-28H,4-15H2,1H3. The van der Waals surface area contributed by atoms with Gasteiger partial charge in [-0.15, -0.1) is 0 Å². The van der Waals surface area contributed by atoms with Gasteiger partial charge in [0, 0.05) is 17.5 Å². The highest BCUT2D eigenvalue weighted by Crippen LogP contribution is 2.45. The molecule has 0 bridgehead atoms. The molecule has 0 aromatic heterocycles. The van der Waals surface area contributed by atoms with E-state index in [1.807, 2.05) is 0 Å². The second kappa shape index (κ2) is 15.5. The topological polar surface area (TPSA) is 0 Å². The number of benzene rings is 3. The smallest absolute Gasteiger partial charge is 0.194 e. The van der Waals surface area contributed by atoms with E-state index in [1.54, 1.807) is 31.2 Å². The van der Waals surface area contributed by atoms with Crippen LogP contribution in [0, 0.1) is 46.8 Å². The first-order valence-electron chi connectivity index (χ1n) is 16.5. The van der Waals surface area contributed by atoms with Crippen molar-refractivity contribution in [2.75, 3.05) is 0 Å². The average Bonchev–Trinajstić information content (AvgIpc) is 3.06. The van der Waals surface area contributed by atoms with Crippen LogP contribution in [-0.2, 0) is 6.42 Å². The lowest BCUT2D eigenvalue weighted by molar-refractivity contribution is 0.156. The van der Waals surface area contributed by atoms with Gasteiger partial charge in [-0.1, -0.05) is 49.3 Å². The Bertz CT molecular complexity index is 1530. The van der Waals surface area contributed by atoms with Crippen molar-refractivity contribution in [1.29, 1.82) is 0 Å². The Morgan fingerprint density at radius 3 is 1.98 bits per heavy atom. The van der Waals surface area contributed by atoms with Crippen molar-refractivity contribution in [2.45, 2.75) is 89.9 Å². The van der Waals surface area contributed by atoms with Gasteiger partial charge in [0.05, 0.1) is 0 Å². The van der Waals surface area contributed by atoms with Gasteiger partial charge in [-0.2, -0.15) is 0 Å². The Kier molecular flexibility index (Phi) is 11.5. The summed E-state index contributed by atoms with van der Waals surface area (Å²) in [5, 5.41) is 0. The van der Waals surface area contributed by atoms with Crippen LogP contribution < -0.4 is 0 Å². The first-order chi connectivity index (χ1) is 22.1. The maximum atomic E-state index is 15.4. The molecule has 7 heteroatoms. The van der Waals surface area contributed by atoms with Crippen LogP contribution in [-0.4, -0.2) is 0 Å².